The summed E-state index contributed by atoms with van der Waals surface area (Å²) in [5, 5.41) is 6.55. The molecule has 0 spiro atoms. The Morgan fingerprint density at radius 3 is 2.53 bits per heavy atom. The van der Waals surface area contributed by atoms with Crippen molar-refractivity contribution >= 4 is 34.5 Å². The van der Waals surface area contributed by atoms with Crippen molar-refractivity contribution in [2.45, 2.75) is 38.3 Å². The fraction of sp³-hybridized carbons (Fsp3) is 0.714. The van der Waals surface area contributed by atoms with E-state index in [-0.39, 0.29) is 0 Å². The van der Waals surface area contributed by atoms with Gasteiger partial charge in [0.1, 0.15) is 4.34 Å². The highest BCUT2D eigenvalue weighted by molar-refractivity contribution is 7.15. The highest BCUT2D eigenvalue weighted by Crippen LogP contribution is 2.33. The zero-order chi connectivity index (χ0) is 13.2. The van der Waals surface area contributed by atoms with Gasteiger partial charge >= 0.3 is 0 Å². The van der Waals surface area contributed by atoms with E-state index in [1.807, 2.05) is 0 Å². The molecule has 1 N–H and O–H groups in total. The van der Waals surface area contributed by atoms with Gasteiger partial charge in [-0.2, -0.15) is 0 Å². The van der Waals surface area contributed by atoms with Crippen LogP contribution < -0.4 is 5.32 Å². The van der Waals surface area contributed by atoms with Gasteiger partial charge in [0, 0.05) is 12.6 Å². The van der Waals surface area contributed by atoms with E-state index in [0.717, 1.165) is 41.0 Å². The Labute approximate surface area is 129 Å². The third-order valence-corrected chi connectivity index (χ3v) is 6.04. The molecule has 0 aromatic carbocycles. The van der Waals surface area contributed by atoms with Crippen molar-refractivity contribution in [2.75, 3.05) is 19.6 Å². The molecule has 2 nitrogen and oxygen atoms in total. The number of rotatable bonds is 5. The summed E-state index contributed by atoms with van der Waals surface area (Å²) in [7, 11) is 0. The number of halogens is 2. The van der Waals surface area contributed by atoms with Crippen LogP contribution >= 0.6 is 34.5 Å². The van der Waals surface area contributed by atoms with Gasteiger partial charge in [-0.1, -0.05) is 23.2 Å². The molecule has 2 heterocycles. The molecule has 1 aliphatic heterocycles. The van der Waals surface area contributed by atoms with Crippen LogP contribution in [-0.2, 0) is 6.54 Å². The third-order valence-electron chi connectivity index (χ3n) is 4.13. The summed E-state index contributed by atoms with van der Waals surface area (Å²) in [6.07, 6.45) is 5.37. The summed E-state index contributed by atoms with van der Waals surface area (Å²) in [5.74, 6) is 0.977. The third kappa shape index (κ3) is 3.85. The topological polar surface area (TPSA) is 15.3 Å². The molecule has 106 valence electrons. The molecule has 0 atom stereocenters. The molecule has 5 heteroatoms. The van der Waals surface area contributed by atoms with Crippen LogP contribution in [0.2, 0.25) is 9.36 Å². The minimum atomic E-state index is 0.720. The molecule has 0 unspecified atom stereocenters. The van der Waals surface area contributed by atoms with Gasteiger partial charge < -0.3 is 5.32 Å². The molecular formula is C14H20Cl2N2S. The summed E-state index contributed by atoms with van der Waals surface area (Å²) in [5.41, 5.74) is 1.18. The van der Waals surface area contributed by atoms with E-state index in [0.29, 0.717) is 0 Å². The Kier molecular flexibility index (Phi) is 4.70. The standard InChI is InChI=1S/C14H20Cl2N2S/c15-13-11(9-19-14(13)16)8-18-5-3-12(4-6-18)17-7-10-1-2-10/h9-10,12,17H,1-8H2. The smallest absolute Gasteiger partial charge is 0.112 e. The predicted molar refractivity (Wildman–Crippen MR) is 83.4 cm³/mol. The molecule has 2 fully saturated rings. The molecule has 1 aromatic heterocycles. The van der Waals surface area contributed by atoms with Crippen molar-refractivity contribution in [2.24, 2.45) is 5.92 Å². The van der Waals surface area contributed by atoms with E-state index in [1.54, 1.807) is 0 Å². The van der Waals surface area contributed by atoms with Crippen LogP contribution in [0, 0.1) is 5.92 Å². The summed E-state index contributed by atoms with van der Waals surface area (Å²) in [6, 6.07) is 0.721. The molecule has 19 heavy (non-hydrogen) atoms. The minimum Gasteiger partial charge on any atom is -0.314 e. The second kappa shape index (κ2) is 6.31. The number of hydrogen-bond acceptors (Lipinski definition) is 3. The van der Waals surface area contributed by atoms with Crippen LogP contribution in [0.3, 0.4) is 0 Å². The first-order valence-corrected chi connectivity index (χ1v) is 8.73. The predicted octanol–water partition coefficient (Wildman–Crippen LogP) is 4.02. The molecule has 1 aliphatic carbocycles. The van der Waals surface area contributed by atoms with Gasteiger partial charge in [-0.15, -0.1) is 11.3 Å². The van der Waals surface area contributed by atoms with Crippen molar-refractivity contribution in [1.82, 2.24) is 10.2 Å². The molecule has 1 saturated carbocycles. The Balaban J connectivity index is 1.43. The van der Waals surface area contributed by atoms with Crippen molar-refractivity contribution in [3.8, 4) is 0 Å². The normalized spacial score (nSPS) is 22.0. The van der Waals surface area contributed by atoms with Crippen molar-refractivity contribution in [3.05, 3.63) is 20.3 Å². The van der Waals surface area contributed by atoms with Crippen molar-refractivity contribution in [1.29, 1.82) is 0 Å². The first-order chi connectivity index (χ1) is 9.22. The molecule has 0 bridgehead atoms. The first-order valence-electron chi connectivity index (χ1n) is 7.09. The van der Waals surface area contributed by atoms with Gasteiger partial charge in [0.25, 0.3) is 0 Å². The van der Waals surface area contributed by atoms with Crippen LogP contribution in [-0.4, -0.2) is 30.6 Å². The lowest BCUT2D eigenvalue weighted by Crippen LogP contribution is -2.42. The van der Waals surface area contributed by atoms with E-state index in [4.69, 9.17) is 23.2 Å². The number of thiophene rings is 1. The molecule has 1 saturated heterocycles. The Morgan fingerprint density at radius 2 is 1.95 bits per heavy atom. The number of hydrogen-bond donors (Lipinski definition) is 1. The largest absolute Gasteiger partial charge is 0.314 e. The van der Waals surface area contributed by atoms with E-state index < -0.39 is 0 Å². The molecule has 0 radical (unpaired) electrons. The zero-order valence-corrected chi connectivity index (χ0v) is 13.3. The highest BCUT2D eigenvalue weighted by Gasteiger charge is 2.24. The summed E-state index contributed by atoms with van der Waals surface area (Å²) < 4.78 is 0.720. The Hall–Kier alpha value is 0.200. The van der Waals surface area contributed by atoms with Gasteiger partial charge in [-0.3, -0.25) is 4.90 Å². The molecule has 1 aromatic rings. The highest BCUT2D eigenvalue weighted by atomic mass is 35.5. The maximum absolute atomic E-state index is 6.19. The molecular weight excluding hydrogens is 299 g/mol. The van der Waals surface area contributed by atoms with Crippen molar-refractivity contribution < 1.29 is 0 Å². The SMILES string of the molecule is Clc1scc(CN2CCC(NCC3CC3)CC2)c1Cl. The fourth-order valence-corrected chi connectivity index (χ4v) is 3.89. The maximum Gasteiger partial charge on any atom is 0.112 e. The van der Waals surface area contributed by atoms with Crippen LogP contribution in [0.1, 0.15) is 31.2 Å². The first kappa shape index (κ1) is 14.2. The van der Waals surface area contributed by atoms with E-state index >= 15 is 0 Å². The molecule has 3 rings (SSSR count). The van der Waals surface area contributed by atoms with Crippen LogP contribution in [0.4, 0.5) is 0 Å². The van der Waals surface area contributed by atoms with Gasteiger partial charge in [0.15, 0.2) is 0 Å². The Morgan fingerprint density at radius 1 is 1.21 bits per heavy atom. The number of piperidine rings is 1. The van der Waals surface area contributed by atoms with Crippen molar-refractivity contribution in [3.63, 3.8) is 0 Å². The minimum absolute atomic E-state index is 0.720. The summed E-state index contributed by atoms with van der Waals surface area (Å²) >= 11 is 13.7. The monoisotopic (exact) mass is 318 g/mol. The second-order valence-corrected chi connectivity index (χ2v) is 7.61. The fourth-order valence-electron chi connectivity index (χ4n) is 2.65. The van der Waals surface area contributed by atoms with Gasteiger partial charge in [-0.05, 0) is 62.2 Å². The molecule has 2 aliphatic rings. The van der Waals surface area contributed by atoms with Gasteiger partial charge in [-0.25, -0.2) is 0 Å². The number of nitrogens with zero attached hydrogens (tertiary/aromatic N) is 1. The second-order valence-electron chi connectivity index (χ2n) is 5.75. The summed E-state index contributed by atoms with van der Waals surface area (Å²) in [4.78, 5) is 2.49. The van der Waals surface area contributed by atoms with Gasteiger partial charge in [0.2, 0.25) is 0 Å². The molecule has 0 amide bonds. The Bertz CT molecular complexity index is 423. The number of nitrogens with one attached hydrogen (secondary N) is 1. The van der Waals surface area contributed by atoms with E-state index in [2.05, 4.69) is 15.6 Å². The van der Waals surface area contributed by atoms with Crippen LogP contribution in [0.5, 0.6) is 0 Å². The zero-order valence-electron chi connectivity index (χ0n) is 11.0. The van der Waals surface area contributed by atoms with Crippen LogP contribution in [0.25, 0.3) is 0 Å². The lowest BCUT2D eigenvalue weighted by molar-refractivity contribution is 0.190. The quantitative estimate of drug-likeness (QED) is 0.882. The van der Waals surface area contributed by atoms with Crippen LogP contribution in [0.15, 0.2) is 5.38 Å². The summed E-state index contributed by atoms with van der Waals surface area (Å²) in [6.45, 7) is 4.49. The lowest BCUT2D eigenvalue weighted by atomic mass is 10.0. The number of likely N-dealkylation sites (tertiary alicyclic amines) is 1. The van der Waals surface area contributed by atoms with Gasteiger partial charge in [0.05, 0.1) is 5.02 Å². The average Bonchev–Trinajstić information content (AvgIpc) is 3.20. The average molecular weight is 319 g/mol. The lowest BCUT2D eigenvalue weighted by Gasteiger charge is -2.32. The maximum atomic E-state index is 6.19. The van der Waals surface area contributed by atoms with E-state index in [9.17, 15) is 0 Å². The van der Waals surface area contributed by atoms with E-state index in [1.165, 1.54) is 49.1 Å².